The van der Waals surface area contributed by atoms with E-state index in [4.69, 9.17) is 0 Å². The van der Waals surface area contributed by atoms with Gasteiger partial charge in [-0.05, 0) is 55.0 Å². The van der Waals surface area contributed by atoms with Crippen molar-refractivity contribution in [1.29, 1.82) is 0 Å². The van der Waals surface area contributed by atoms with Crippen molar-refractivity contribution in [2.45, 2.75) is 25.7 Å². The first-order valence-electron chi connectivity index (χ1n) is 7.97. The number of anilines is 1. The summed E-state index contributed by atoms with van der Waals surface area (Å²) >= 11 is 0. The molecule has 0 spiro atoms. The number of benzene rings is 1. The molecule has 0 aliphatic heterocycles. The second-order valence-corrected chi connectivity index (χ2v) is 5.78. The summed E-state index contributed by atoms with van der Waals surface area (Å²) in [6.07, 6.45) is 6.96. The molecule has 24 heavy (non-hydrogen) atoms. The summed E-state index contributed by atoms with van der Waals surface area (Å²) in [5, 5.41) is 15.5. The molecule has 1 aliphatic carbocycles. The van der Waals surface area contributed by atoms with Crippen LogP contribution in [0.25, 0.3) is 0 Å². The monoisotopic (exact) mass is 325 g/mol. The Morgan fingerprint density at radius 2 is 2.00 bits per heavy atom. The second-order valence-electron chi connectivity index (χ2n) is 5.78. The molecule has 0 bridgehead atoms. The van der Waals surface area contributed by atoms with E-state index in [2.05, 4.69) is 15.6 Å². The fourth-order valence-corrected chi connectivity index (χ4v) is 2.89. The van der Waals surface area contributed by atoms with Gasteiger partial charge in [0.05, 0.1) is 24.0 Å². The molecular weight excluding hydrogens is 306 g/mol. The zero-order chi connectivity index (χ0) is 16.9. The standard InChI is InChI=1S/C18H19N3O3/c22-16(21-13-5-3-9-19-10-13)11-20-18(24)15-8-7-12-4-1-2-6-14(12)17(15)23/h3,5,7-10,23H,1-2,4,6,11H2,(H,20,24)(H,21,22). The molecule has 0 unspecified atom stereocenters. The van der Waals surface area contributed by atoms with Gasteiger partial charge < -0.3 is 15.7 Å². The molecule has 1 aliphatic rings. The van der Waals surface area contributed by atoms with Crippen molar-refractivity contribution < 1.29 is 14.7 Å². The largest absolute Gasteiger partial charge is 0.507 e. The third-order valence-electron chi connectivity index (χ3n) is 4.10. The molecule has 0 saturated heterocycles. The molecule has 6 heteroatoms. The summed E-state index contributed by atoms with van der Waals surface area (Å²) < 4.78 is 0. The van der Waals surface area contributed by atoms with Gasteiger partial charge in [0, 0.05) is 6.20 Å². The van der Waals surface area contributed by atoms with E-state index in [0.29, 0.717) is 5.69 Å². The van der Waals surface area contributed by atoms with Gasteiger partial charge in [0.15, 0.2) is 0 Å². The molecule has 2 amide bonds. The molecule has 124 valence electrons. The highest BCUT2D eigenvalue weighted by Crippen LogP contribution is 2.31. The predicted molar refractivity (Wildman–Crippen MR) is 89.9 cm³/mol. The van der Waals surface area contributed by atoms with E-state index in [1.807, 2.05) is 6.07 Å². The Hall–Kier alpha value is -2.89. The minimum absolute atomic E-state index is 0.0392. The average Bonchev–Trinajstić information content (AvgIpc) is 2.61. The zero-order valence-electron chi connectivity index (χ0n) is 13.2. The van der Waals surface area contributed by atoms with Crippen LogP contribution >= 0.6 is 0 Å². The predicted octanol–water partition coefficient (Wildman–Crippen LogP) is 2.03. The van der Waals surface area contributed by atoms with Crippen molar-refractivity contribution in [1.82, 2.24) is 10.3 Å². The van der Waals surface area contributed by atoms with Crippen molar-refractivity contribution in [3.63, 3.8) is 0 Å². The summed E-state index contributed by atoms with van der Waals surface area (Å²) in [5.74, 6) is -0.770. The Kier molecular flexibility index (Phi) is 4.74. The van der Waals surface area contributed by atoms with Gasteiger partial charge in [-0.25, -0.2) is 0 Å². The van der Waals surface area contributed by atoms with Crippen LogP contribution in [-0.4, -0.2) is 28.4 Å². The number of hydrogen-bond donors (Lipinski definition) is 3. The van der Waals surface area contributed by atoms with E-state index in [0.717, 1.165) is 36.8 Å². The van der Waals surface area contributed by atoms with Crippen molar-refractivity contribution >= 4 is 17.5 Å². The maximum absolute atomic E-state index is 12.2. The normalized spacial score (nSPS) is 13.0. The highest BCUT2D eigenvalue weighted by Gasteiger charge is 2.20. The molecule has 3 N–H and O–H groups in total. The third kappa shape index (κ3) is 3.53. The fraction of sp³-hybridized carbons (Fsp3) is 0.278. The van der Waals surface area contributed by atoms with Crippen molar-refractivity contribution in [2.75, 3.05) is 11.9 Å². The van der Waals surface area contributed by atoms with Crippen LogP contribution in [0.5, 0.6) is 5.75 Å². The van der Waals surface area contributed by atoms with Gasteiger partial charge in [-0.3, -0.25) is 14.6 Å². The number of carbonyl (C=O) groups excluding carboxylic acids is 2. The van der Waals surface area contributed by atoms with Crippen LogP contribution in [0.1, 0.15) is 34.3 Å². The van der Waals surface area contributed by atoms with Crippen LogP contribution in [0.2, 0.25) is 0 Å². The summed E-state index contributed by atoms with van der Waals surface area (Å²) in [6.45, 7) is -0.176. The smallest absolute Gasteiger partial charge is 0.255 e. The number of phenolic OH excluding ortho intramolecular Hbond substituents is 1. The molecule has 1 heterocycles. The Labute approximate surface area is 139 Å². The van der Waals surface area contributed by atoms with Gasteiger partial charge in [0.1, 0.15) is 5.75 Å². The number of nitrogens with zero attached hydrogens (tertiary/aromatic N) is 1. The van der Waals surface area contributed by atoms with Gasteiger partial charge >= 0.3 is 0 Å². The summed E-state index contributed by atoms with van der Waals surface area (Å²) in [6, 6.07) is 6.92. The number of fused-ring (bicyclic) bond motifs is 1. The molecule has 0 radical (unpaired) electrons. The SMILES string of the molecule is O=C(CNC(=O)c1ccc2c(c1O)CCCC2)Nc1cccnc1. The first-order valence-corrected chi connectivity index (χ1v) is 7.97. The first kappa shape index (κ1) is 16.0. The topological polar surface area (TPSA) is 91.3 Å². The Balaban J connectivity index is 1.62. The average molecular weight is 325 g/mol. The van der Waals surface area contributed by atoms with Crippen molar-refractivity contribution in [3.8, 4) is 5.75 Å². The lowest BCUT2D eigenvalue weighted by Crippen LogP contribution is -2.33. The van der Waals surface area contributed by atoms with Crippen molar-refractivity contribution in [2.24, 2.45) is 0 Å². The Bertz CT molecular complexity index is 760. The minimum atomic E-state index is -0.456. The number of aryl methyl sites for hydroxylation is 1. The number of hydrogen-bond acceptors (Lipinski definition) is 4. The first-order chi connectivity index (χ1) is 11.6. The second kappa shape index (κ2) is 7.12. The van der Waals surface area contributed by atoms with Gasteiger partial charge in [-0.1, -0.05) is 6.07 Å². The number of amides is 2. The van der Waals surface area contributed by atoms with Crippen LogP contribution < -0.4 is 10.6 Å². The van der Waals surface area contributed by atoms with Crippen LogP contribution in [0.15, 0.2) is 36.7 Å². The number of aromatic nitrogens is 1. The van der Waals surface area contributed by atoms with Crippen molar-refractivity contribution in [3.05, 3.63) is 53.3 Å². The van der Waals surface area contributed by atoms with E-state index in [1.165, 1.54) is 6.20 Å². The van der Waals surface area contributed by atoms with E-state index in [9.17, 15) is 14.7 Å². The van der Waals surface area contributed by atoms with Crippen LogP contribution in [0.4, 0.5) is 5.69 Å². The molecule has 1 aromatic carbocycles. The fourth-order valence-electron chi connectivity index (χ4n) is 2.89. The molecular formula is C18H19N3O3. The third-order valence-corrected chi connectivity index (χ3v) is 4.10. The van der Waals surface area contributed by atoms with Gasteiger partial charge in [0.2, 0.25) is 5.91 Å². The van der Waals surface area contributed by atoms with E-state index < -0.39 is 5.91 Å². The lowest BCUT2D eigenvalue weighted by molar-refractivity contribution is -0.115. The number of carbonyl (C=O) groups is 2. The molecule has 2 aromatic rings. The number of pyridine rings is 1. The minimum Gasteiger partial charge on any atom is -0.507 e. The maximum atomic E-state index is 12.2. The molecule has 0 fully saturated rings. The van der Waals surface area contributed by atoms with E-state index in [-0.39, 0.29) is 23.8 Å². The number of aromatic hydroxyl groups is 1. The van der Waals surface area contributed by atoms with E-state index in [1.54, 1.807) is 24.4 Å². The highest BCUT2D eigenvalue weighted by molar-refractivity contribution is 6.01. The number of nitrogens with one attached hydrogen (secondary N) is 2. The molecule has 0 atom stereocenters. The summed E-state index contributed by atoms with van der Waals surface area (Å²) in [7, 11) is 0. The van der Waals surface area contributed by atoms with Gasteiger partial charge in [-0.15, -0.1) is 0 Å². The summed E-state index contributed by atoms with van der Waals surface area (Å²) in [5.41, 5.74) is 2.73. The lowest BCUT2D eigenvalue weighted by Gasteiger charge is -2.18. The van der Waals surface area contributed by atoms with Crippen LogP contribution in [0, 0.1) is 0 Å². The Morgan fingerprint density at radius 3 is 2.79 bits per heavy atom. The zero-order valence-corrected chi connectivity index (χ0v) is 13.2. The maximum Gasteiger partial charge on any atom is 0.255 e. The van der Waals surface area contributed by atoms with E-state index >= 15 is 0 Å². The van der Waals surface area contributed by atoms with Gasteiger partial charge in [0.25, 0.3) is 5.91 Å². The quantitative estimate of drug-likeness (QED) is 0.802. The van der Waals surface area contributed by atoms with Gasteiger partial charge in [-0.2, -0.15) is 0 Å². The number of rotatable bonds is 4. The molecule has 0 saturated carbocycles. The number of phenols is 1. The highest BCUT2D eigenvalue weighted by atomic mass is 16.3. The molecule has 1 aromatic heterocycles. The summed E-state index contributed by atoms with van der Waals surface area (Å²) in [4.78, 5) is 28.0. The Morgan fingerprint density at radius 1 is 1.17 bits per heavy atom. The molecule has 6 nitrogen and oxygen atoms in total. The van der Waals surface area contributed by atoms with Crippen LogP contribution in [-0.2, 0) is 17.6 Å². The van der Waals surface area contributed by atoms with Crippen LogP contribution in [0.3, 0.4) is 0 Å². The molecule has 3 rings (SSSR count). The lowest BCUT2D eigenvalue weighted by atomic mass is 9.89.